The summed E-state index contributed by atoms with van der Waals surface area (Å²) < 4.78 is 29.2. The Hall–Kier alpha value is -0.880. The zero-order valence-electron chi connectivity index (χ0n) is 9.13. The fraction of sp³-hybridized carbons (Fsp3) is 0.667. The van der Waals surface area contributed by atoms with Gasteiger partial charge in [0.15, 0.2) is 0 Å². The third kappa shape index (κ3) is 11.0. The van der Waals surface area contributed by atoms with E-state index in [1.165, 1.54) is 0 Å². The number of rotatable bonds is 7. The third-order valence-electron chi connectivity index (χ3n) is 1.59. The monoisotopic (exact) mass is 234 g/mol. The third-order valence-corrected chi connectivity index (χ3v) is 2.39. The van der Waals surface area contributed by atoms with Crippen molar-refractivity contribution in [1.82, 2.24) is 4.90 Å². The minimum Gasteiger partial charge on any atom is -0.343 e. The Morgan fingerprint density at radius 3 is 2.60 bits per heavy atom. The normalized spacial score (nSPS) is 12.7. The lowest BCUT2D eigenvalue weighted by atomic mass is 10.3. The second-order valence-corrected chi connectivity index (χ2v) is 4.73. The molecule has 0 atom stereocenters. The maximum absolute atomic E-state index is 10.4. The first-order chi connectivity index (χ1) is 6.95. The largest absolute Gasteiger partial charge is 0.343 e. The summed E-state index contributed by atoms with van der Waals surface area (Å²) in [7, 11) is -1.95. The molecule has 6 heteroatoms. The second-order valence-electron chi connectivity index (χ2n) is 3.16. The Labute approximate surface area is 91.3 Å². The summed E-state index contributed by atoms with van der Waals surface area (Å²) >= 11 is 0. The van der Waals surface area contributed by atoms with Crippen molar-refractivity contribution < 1.29 is 13.0 Å². The molecular weight excluding hydrogens is 216 g/mol. The topological polar surface area (TPSA) is 70.0 Å². The molecule has 0 spiro atoms. The number of hydrogen-bond donors (Lipinski definition) is 1. The summed E-state index contributed by atoms with van der Waals surface area (Å²) in [5.41, 5.74) is 0. The average molecular weight is 234 g/mol. The summed E-state index contributed by atoms with van der Waals surface area (Å²) in [6, 6.07) is 0. The minimum atomic E-state index is -3.81. The van der Waals surface area contributed by atoms with Gasteiger partial charge in [-0.2, -0.15) is 8.42 Å². The van der Waals surface area contributed by atoms with Crippen molar-refractivity contribution in [1.29, 1.82) is 0 Å². The molecule has 0 saturated carbocycles. The van der Waals surface area contributed by atoms with Crippen molar-refractivity contribution in [2.24, 2.45) is 4.99 Å². The zero-order chi connectivity index (χ0) is 11.7. The van der Waals surface area contributed by atoms with Gasteiger partial charge in [-0.05, 0) is 19.8 Å². The molecule has 0 amide bonds. The van der Waals surface area contributed by atoms with E-state index < -0.39 is 10.1 Å². The van der Waals surface area contributed by atoms with Gasteiger partial charge < -0.3 is 4.90 Å². The van der Waals surface area contributed by atoms with Crippen molar-refractivity contribution in [3.05, 3.63) is 12.3 Å². The van der Waals surface area contributed by atoms with Gasteiger partial charge >= 0.3 is 0 Å². The van der Waals surface area contributed by atoms with Crippen molar-refractivity contribution in [2.45, 2.75) is 19.8 Å². The highest BCUT2D eigenvalue weighted by molar-refractivity contribution is 7.85. The molecule has 15 heavy (non-hydrogen) atoms. The molecule has 0 heterocycles. The molecule has 0 fully saturated rings. The second kappa shape index (κ2) is 7.42. The Balaban J connectivity index is 3.55. The van der Waals surface area contributed by atoms with Crippen molar-refractivity contribution in [2.75, 3.05) is 19.3 Å². The van der Waals surface area contributed by atoms with Gasteiger partial charge in [-0.1, -0.05) is 6.08 Å². The predicted molar refractivity (Wildman–Crippen MR) is 61.6 cm³/mol. The zero-order valence-corrected chi connectivity index (χ0v) is 9.94. The van der Waals surface area contributed by atoms with Crippen LogP contribution >= 0.6 is 0 Å². The van der Waals surface area contributed by atoms with Crippen LogP contribution < -0.4 is 0 Å². The van der Waals surface area contributed by atoms with E-state index in [0.29, 0.717) is 19.4 Å². The van der Waals surface area contributed by atoms with E-state index >= 15 is 0 Å². The Kier molecular flexibility index (Phi) is 6.98. The highest BCUT2D eigenvalue weighted by Gasteiger charge is 2.02. The van der Waals surface area contributed by atoms with E-state index in [2.05, 4.69) is 4.99 Å². The van der Waals surface area contributed by atoms with E-state index in [1.807, 2.05) is 31.1 Å². The van der Waals surface area contributed by atoms with E-state index in [4.69, 9.17) is 4.55 Å². The maximum atomic E-state index is 10.4. The molecule has 0 aliphatic carbocycles. The van der Waals surface area contributed by atoms with Gasteiger partial charge in [0.05, 0.1) is 12.1 Å². The summed E-state index contributed by atoms with van der Waals surface area (Å²) in [6.07, 6.45) is 6.52. The number of aliphatic imine (C=N–C) groups is 1. The summed E-state index contributed by atoms with van der Waals surface area (Å²) in [5, 5.41) is 0. The number of unbranched alkanes of at least 4 members (excludes halogenated alkanes) is 1. The number of allylic oxidation sites excluding steroid dienone is 1. The predicted octanol–water partition coefficient (Wildman–Crippen LogP) is 1.15. The van der Waals surface area contributed by atoms with Crippen LogP contribution in [0.2, 0.25) is 0 Å². The molecule has 88 valence electrons. The summed E-state index contributed by atoms with van der Waals surface area (Å²) in [6.45, 7) is 2.48. The lowest BCUT2D eigenvalue weighted by molar-refractivity contribution is 0.480. The van der Waals surface area contributed by atoms with Crippen LogP contribution in [0.3, 0.4) is 0 Å². The van der Waals surface area contributed by atoms with Gasteiger partial charge in [-0.25, -0.2) is 0 Å². The quantitative estimate of drug-likeness (QED) is 0.310. The van der Waals surface area contributed by atoms with Gasteiger partial charge in [0, 0.05) is 19.8 Å². The van der Waals surface area contributed by atoms with Crippen LogP contribution in [-0.2, 0) is 10.1 Å². The fourth-order valence-electron chi connectivity index (χ4n) is 0.948. The summed E-state index contributed by atoms with van der Waals surface area (Å²) in [5.74, 6) is -0.187. The molecule has 0 unspecified atom stereocenters. The molecule has 0 aromatic carbocycles. The molecular formula is C9H18N2O3S. The van der Waals surface area contributed by atoms with Crippen molar-refractivity contribution in [3.63, 3.8) is 0 Å². The van der Waals surface area contributed by atoms with Crippen LogP contribution in [0.15, 0.2) is 17.3 Å². The molecule has 0 aliphatic rings. The van der Waals surface area contributed by atoms with Crippen molar-refractivity contribution in [3.8, 4) is 0 Å². The van der Waals surface area contributed by atoms with E-state index in [9.17, 15) is 8.42 Å². The van der Waals surface area contributed by atoms with Crippen LogP contribution in [0.1, 0.15) is 19.8 Å². The maximum Gasteiger partial charge on any atom is 0.264 e. The van der Waals surface area contributed by atoms with Gasteiger partial charge in [0.25, 0.3) is 10.1 Å². The first kappa shape index (κ1) is 14.1. The van der Waals surface area contributed by atoms with Crippen LogP contribution in [0.4, 0.5) is 0 Å². The van der Waals surface area contributed by atoms with Crippen LogP contribution in [0.25, 0.3) is 0 Å². The van der Waals surface area contributed by atoms with E-state index in [-0.39, 0.29) is 5.75 Å². The summed E-state index contributed by atoms with van der Waals surface area (Å²) in [4.78, 5) is 5.89. The van der Waals surface area contributed by atoms with Gasteiger partial charge in [-0.15, -0.1) is 0 Å². The molecule has 0 aromatic rings. The molecule has 1 N–H and O–H groups in total. The standard InChI is InChI=1S/C9H18N2O3S/c1-3-7-11(2)9-10-6-4-5-8-15(12,13)14/h3,7,9H,4-6,8H2,1-2H3,(H,12,13,14)/b7-3-,10-9?. The van der Waals surface area contributed by atoms with Crippen LogP contribution in [-0.4, -0.2) is 43.6 Å². The number of hydrogen-bond acceptors (Lipinski definition) is 3. The molecule has 0 bridgehead atoms. The first-order valence-corrected chi connectivity index (χ1v) is 6.36. The first-order valence-electron chi connectivity index (χ1n) is 4.75. The highest BCUT2D eigenvalue weighted by Crippen LogP contribution is 1.94. The smallest absolute Gasteiger partial charge is 0.264 e. The minimum absolute atomic E-state index is 0.187. The Morgan fingerprint density at radius 2 is 2.07 bits per heavy atom. The van der Waals surface area contributed by atoms with E-state index in [1.54, 1.807) is 6.34 Å². The highest BCUT2D eigenvalue weighted by atomic mass is 32.2. The molecule has 0 rings (SSSR count). The van der Waals surface area contributed by atoms with Gasteiger partial charge in [0.1, 0.15) is 0 Å². The van der Waals surface area contributed by atoms with E-state index in [0.717, 1.165) is 0 Å². The van der Waals surface area contributed by atoms with Crippen molar-refractivity contribution >= 4 is 16.5 Å². The average Bonchev–Trinajstić information content (AvgIpc) is 2.09. The Morgan fingerprint density at radius 1 is 1.40 bits per heavy atom. The molecule has 0 aromatic heterocycles. The number of nitrogens with zero attached hydrogens (tertiary/aromatic N) is 2. The van der Waals surface area contributed by atoms with Crippen LogP contribution in [0.5, 0.6) is 0 Å². The van der Waals surface area contributed by atoms with Gasteiger partial charge in [0.2, 0.25) is 0 Å². The molecule has 0 radical (unpaired) electrons. The lowest BCUT2D eigenvalue weighted by Gasteiger charge is -2.04. The lowest BCUT2D eigenvalue weighted by Crippen LogP contribution is -2.07. The molecule has 5 nitrogen and oxygen atoms in total. The molecule has 0 saturated heterocycles. The Bertz CT molecular complexity index is 309. The fourth-order valence-corrected chi connectivity index (χ4v) is 1.52. The SMILES string of the molecule is C/C=C\N(C)C=NCCCCS(=O)(=O)O. The van der Waals surface area contributed by atoms with Crippen LogP contribution in [0, 0.1) is 0 Å². The van der Waals surface area contributed by atoms with Gasteiger partial charge in [-0.3, -0.25) is 9.55 Å². The molecule has 0 aliphatic heterocycles.